The van der Waals surface area contributed by atoms with Gasteiger partial charge in [0.25, 0.3) is 0 Å². The van der Waals surface area contributed by atoms with E-state index in [1.54, 1.807) is 13.8 Å². The summed E-state index contributed by atoms with van der Waals surface area (Å²) < 4.78 is 56.4. The van der Waals surface area contributed by atoms with Crippen LogP contribution in [0.15, 0.2) is 47.4 Å². The Bertz CT molecular complexity index is 1050. The van der Waals surface area contributed by atoms with Crippen LogP contribution in [0.3, 0.4) is 0 Å². The second kappa shape index (κ2) is 10.4. The van der Waals surface area contributed by atoms with Gasteiger partial charge < -0.3 is 14.2 Å². The smallest absolute Gasteiger partial charge is 0.324 e. The minimum atomic E-state index is -4.33. The van der Waals surface area contributed by atoms with Crippen molar-refractivity contribution in [2.75, 3.05) is 20.8 Å². The zero-order valence-corrected chi connectivity index (χ0v) is 18.4. The van der Waals surface area contributed by atoms with E-state index in [2.05, 4.69) is 4.72 Å². The summed E-state index contributed by atoms with van der Waals surface area (Å²) in [6.07, 6.45) is 0. The van der Waals surface area contributed by atoms with Crippen molar-refractivity contribution in [2.24, 2.45) is 5.92 Å². The molecule has 0 fully saturated rings. The number of benzene rings is 2. The minimum absolute atomic E-state index is 0.221. The number of sulfonamides is 1. The van der Waals surface area contributed by atoms with Crippen LogP contribution in [0.4, 0.5) is 4.39 Å². The van der Waals surface area contributed by atoms with Gasteiger partial charge in [0, 0.05) is 5.56 Å². The number of ketones is 1. The predicted molar refractivity (Wildman–Crippen MR) is 110 cm³/mol. The number of carbonyl (C=O) groups excluding carboxylic acids is 2. The summed E-state index contributed by atoms with van der Waals surface area (Å²) in [5.41, 5.74) is 0.221. The molecule has 1 atom stereocenters. The normalized spacial score (nSPS) is 12.3. The van der Waals surface area contributed by atoms with Gasteiger partial charge in [-0.2, -0.15) is 4.72 Å². The average Bonchev–Trinajstić information content (AvgIpc) is 2.75. The number of methoxy groups -OCH3 is 2. The molecule has 1 N–H and O–H groups in total. The fraction of sp³-hybridized carbons (Fsp3) is 0.333. The number of rotatable bonds is 10. The highest BCUT2D eigenvalue weighted by Crippen LogP contribution is 2.27. The van der Waals surface area contributed by atoms with Crippen LogP contribution in [0, 0.1) is 11.7 Å². The van der Waals surface area contributed by atoms with Crippen LogP contribution in [-0.2, 0) is 19.6 Å². The van der Waals surface area contributed by atoms with Gasteiger partial charge >= 0.3 is 5.97 Å². The van der Waals surface area contributed by atoms with Gasteiger partial charge in [0.2, 0.25) is 10.0 Å². The van der Waals surface area contributed by atoms with Gasteiger partial charge in [-0.25, -0.2) is 12.8 Å². The number of nitrogens with one attached hydrogen (secondary N) is 1. The van der Waals surface area contributed by atoms with Crippen LogP contribution >= 0.6 is 0 Å². The third kappa shape index (κ3) is 6.02. The van der Waals surface area contributed by atoms with Gasteiger partial charge in [-0.1, -0.05) is 26.0 Å². The maximum absolute atomic E-state index is 13.9. The van der Waals surface area contributed by atoms with Crippen molar-refractivity contribution in [1.82, 2.24) is 4.72 Å². The molecule has 10 heteroatoms. The first-order valence-electron chi connectivity index (χ1n) is 9.29. The van der Waals surface area contributed by atoms with E-state index in [0.717, 1.165) is 12.1 Å². The molecule has 2 aromatic rings. The van der Waals surface area contributed by atoms with E-state index < -0.39 is 51.1 Å². The maximum Gasteiger partial charge on any atom is 0.324 e. The molecule has 0 heterocycles. The molecular weight excluding hydrogens is 429 g/mol. The Labute approximate surface area is 180 Å². The number of halogens is 1. The second-order valence-electron chi connectivity index (χ2n) is 6.87. The van der Waals surface area contributed by atoms with Crippen molar-refractivity contribution in [2.45, 2.75) is 24.8 Å². The molecule has 0 saturated heterocycles. The van der Waals surface area contributed by atoms with Crippen molar-refractivity contribution in [3.05, 3.63) is 53.8 Å². The fourth-order valence-electron chi connectivity index (χ4n) is 2.67. The maximum atomic E-state index is 13.9. The third-order valence-corrected chi connectivity index (χ3v) is 5.85. The van der Waals surface area contributed by atoms with E-state index in [0.29, 0.717) is 11.5 Å². The van der Waals surface area contributed by atoms with Gasteiger partial charge in [-0.3, -0.25) is 9.59 Å². The van der Waals surface area contributed by atoms with Crippen molar-refractivity contribution >= 4 is 21.8 Å². The van der Waals surface area contributed by atoms with Crippen LogP contribution in [0.25, 0.3) is 0 Å². The lowest BCUT2D eigenvalue weighted by Crippen LogP contribution is -2.45. The number of hydrogen-bond acceptors (Lipinski definition) is 7. The Morgan fingerprint density at radius 1 is 1.03 bits per heavy atom. The summed E-state index contributed by atoms with van der Waals surface area (Å²) in [5, 5.41) is 0. The number of esters is 1. The molecule has 8 nitrogen and oxygen atoms in total. The molecule has 2 rings (SSSR count). The zero-order valence-electron chi connectivity index (χ0n) is 17.5. The van der Waals surface area contributed by atoms with Crippen LogP contribution < -0.4 is 14.2 Å². The third-order valence-electron chi connectivity index (χ3n) is 4.38. The van der Waals surface area contributed by atoms with Gasteiger partial charge in [-0.05, 0) is 36.2 Å². The molecule has 0 unspecified atom stereocenters. The highest BCUT2D eigenvalue weighted by molar-refractivity contribution is 7.89. The Morgan fingerprint density at radius 2 is 1.68 bits per heavy atom. The van der Waals surface area contributed by atoms with E-state index in [1.807, 2.05) is 0 Å². The molecule has 2 aromatic carbocycles. The van der Waals surface area contributed by atoms with Crippen molar-refractivity contribution in [3.63, 3.8) is 0 Å². The first kappa shape index (κ1) is 24.3. The first-order chi connectivity index (χ1) is 14.6. The zero-order chi connectivity index (χ0) is 23.2. The lowest BCUT2D eigenvalue weighted by atomic mass is 10.1. The fourth-order valence-corrected chi connectivity index (χ4v) is 4.08. The van der Waals surface area contributed by atoms with Crippen LogP contribution in [0.1, 0.15) is 24.2 Å². The number of carbonyl (C=O) groups is 2. The van der Waals surface area contributed by atoms with Gasteiger partial charge in [0.05, 0.1) is 14.2 Å². The molecule has 0 aliphatic carbocycles. The summed E-state index contributed by atoms with van der Waals surface area (Å²) in [6.45, 7) is 2.57. The van der Waals surface area contributed by atoms with E-state index in [4.69, 9.17) is 14.2 Å². The Balaban J connectivity index is 2.11. The molecule has 0 radical (unpaired) electrons. The molecule has 0 spiro atoms. The Kier molecular flexibility index (Phi) is 8.12. The topological polar surface area (TPSA) is 108 Å². The average molecular weight is 453 g/mol. The summed E-state index contributed by atoms with van der Waals surface area (Å²) in [7, 11) is -1.46. The van der Waals surface area contributed by atoms with E-state index in [1.165, 1.54) is 44.6 Å². The van der Waals surface area contributed by atoms with Gasteiger partial charge in [0.1, 0.15) is 16.8 Å². The lowest BCUT2D eigenvalue weighted by molar-refractivity contribution is -0.145. The molecule has 0 aliphatic rings. The van der Waals surface area contributed by atoms with E-state index in [-0.39, 0.29) is 5.56 Å². The summed E-state index contributed by atoms with van der Waals surface area (Å²) in [5.74, 6) is -2.19. The minimum Gasteiger partial charge on any atom is -0.493 e. The number of Topliss-reactive ketones (excluding diaryl/α,β-unsaturated/α-hetero) is 1. The molecule has 168 valence electrons. The summed E-state index contributed by atoms with van der Waals surface area (Å²) in [4.78, 5) is 24.3. The lowest BCUT2D eigenvalue weighted by Gasteiger charge is -2.21. The molecule has 0 aliphatic heterocycles. The molecule has 0 bridgehead atoms. The SMILES string of the molecule is COc1ccc(C(=O)COC(=O)[C@@H](NS(=O)(=O)c2ccccc2F)C(C)C)cc1OC. The van der Waals surface area contributed by atoms with Crippen LogP contribution in [-0.4, -0.2) is 47.0 Å². The number of ether oxygens (including phenoxy) is 3. The number of hydrogen-bond donors (Lipinski definition) is 1. The van der Waals surface area contributed by atoms with Crippen molar-refractivity contribution in [3.8, 4) is 11.5 Å². The Hall–Kier alpha value is -2.98. The molecular formula is C21H24FNO7S. The molecule has 0 amide bonds. The predicted octanol–water partition coefficient (Wildman–Crippen LogP) is 2.57. The van der Waals surface area contributed by atoms with Crippen molar-refractivity contribution in [1.29, 1.82) is 0 Å². The first-order valence-corrected chi connectivity index (χ1v) is 10.8. The summed E-state index contributed by atoms with van der Waals surface area (Å²) >= 11 is 0. The second-order valence-corrected chi connectivity index (χ2v) is 8.56. The monoisotopic (exact) mass is 453 g/mol. The largest absolute Gasteiger partial charge is 0.493 e. The van der Waals surface area contributed by atoms with Gasteiger partial charge in [-0.15, -0.1) is 0 Å². The van der Waals surface area contributed by atoms with Crippen LogP contribution in [0.2, 0.25) is 0 Å². The highest BCUT2D eigenvalue weighted by atomic mass is 32.2. The van der Waals surface area contributed by atoms with Crippen LogP contribution in [0.5, 0.6) is 11.5 Å². The Morgan fingerprint density at radius 3 is 2.26 bits per heavy atom. The molecule has 31 heavy (non-hydrogen) atoms. The van der Waals surface area contributed by atoms with Gasteiger partial charge in [0.15, 0.2) is 23.9 Å². The standard InChI is InChI=1S/C21H24FNO7S/c1-13(2)20(23-31(26,27)19-8-6-5-7-15(19)22)21(25)30-12-16(24)14-9-10-17(28-3)18(11-14)29-4/h5-11,13,20,23H,12H2,1-4H3/t20-/m0/s1. The molecule has 0 aromatic heterocycles. The van der Waals surface area contributed by atoms with Crippen molar-refractivity contribution < 1.29 is 36.6 Å². The highest BCUT2D eigenvalue weighted by Gasteiger charge is 2.31. The summed E-state index contributed by atoms with van der Waals surface area (Å²) in [6, 6.07) is 7.94. The van der Waals surface area contributed by atoms with E-state index in [9.17, 15) is 22.4 Å². The van der Waals surface area contributed by atoms with E-state index >= 15 is 0 Å². The quantitative estimate of drug-likeness (QED) is 0.435. The molecule has 0 saturated carbocycles.